The summed E-state index contributed by atoms with van der Waals surface area (Å²) in [7, 11) is 0. The Morgan fingerprint density at radius 3 is 2.44 bits per heavy atom. The number of cyclic esters (lactones) is 1. The normalized spacial score (nSPS) is 31.6. The summed E-state index contributed by atoms with van der Waals surface area (Å²) >= 11 is 0. The number of aliphatic hydroxyl groups is 1. The highest BCUT2D eigenvalue weighted by Gasteiger charge is 2.65. The zero-order chi connectivity index (χ0) is 14.4. The van der Waals surface area contributed by atoms with E-state index in [0.717, 1.165) is 6.92 Å². The molecular weight excluding hydrogens is 246 g/mol. The summed E-state index contributed by atoms with van der Waals surface area (Å²) in [4.78, 5) is 11.3. The average molecular weight is 264 g/mol. The molecule has 1 heterocycles. The topological polar surface area (TPSA) is 55.8 Å². The molecule has 1 aliphatic heterocycles. The van der Waals surface area contributed by atoms with Gasteiger partial charge < -0.3 is 14.6 Å². The third-order valence-electron chi connectivity index (χ3n) is 2.85. The van der Waals surface area contributed by atoms with Crippen LogP contribution in [0.3, 0.4) is 0 Å². The highest BCUT2D eigenvalue weighted by Crippen LogP contribution is 2.45. The number of hydrogen-bond donors (Lipinski definition) is 1. The van der Waals surface area contributed by atoms with Gasteiger partial charge in [-0.05, 0) is 33.3 Å². The van der Waals surface area contributed by atoms with Gasteiger partial charge in [0.25, 0.3) is 0 Å². The van der Waals surface area contributed by atoms with Crippen LogP contribution in [0.25, 0.3) is 0 Å². The quantitative estimate of drug-likeness (QED) is 0.481. The number of carbonyl (C=O) groups excluding carboxylic acids is 1. The molecule has 6 heteroatoms. The largest absolute Gasteiger partial charge is 0.455 e. The van der Waals surface area contributed by atoms with Crippen molar-refractivity contribution >= 4 is 5.97 Å². The molecule has 2 atom stereocenters. The summed E-state index contributed by atoms with van der Waals surface area (Å²) in [6.07, 6.45) is -1.79. The van der Waals surface area contributed by atoms with Gasteiger partial charge >= 0.3 is 11.9 Å². The Balaban J connectivity index is 3.07. The maximum atomic E-state index is 13.9. The second-order valence-corrected chi connectivity index (χ2v) is 5.45. The van der Waals surface area contributed by atoms with Crippen LogP contribution in [0.4, 0.5) is 8.78 Å². The fourth-order valence-electron chi connectivity index (χ4n) is 1.95. The molecule has 104 valence electrons. The Labute approximate surface area is 105 Å². The van der Waals surface area contributed by atoms with Crippen molar-refractivity contribution in [3.8, 4) is 0 Å². The van der Waals surface area contributed by atoms with Crippen LogP contribution in [-0.4, -0.2) is 34.5 Å². The van der Waals surface area contributed by atoms with E-state index in [-0.39, 0.29) is 12.0 Å². The lowest BCUT2D eigenvalue weighted by Gasteiger charge is -2.46. The summed E-state index contributed by atoms with van der Waals surface area (Å²) in [5.74, 6) is -5.46. The molecule has 0 bridgehead atoms. The molecule has 1 N–H and O–H groups in total. The number of aliphatic hydroxyl groups excluding tert-OH is 1. The summed E-state index contributed by atoms with van der Waals surface area (Å²) < 4.78 is 37.4. The van der Waals surface area contributed by atoms with E-state index in [1.807, 2.05) is 0 Å². The Hall–Kier alpha value is -1.01. The molecule has 0 aromatic rings. The summed E-state index contributed by atoms with van der Waals surface area (Å²) in [5.41, 5.74) is -3.03. The van der Waals surface area contributed by atoms with Gasteiger partial charge in [0.05, 0.1) is 0 Å². The van der Waals surface area contributed by atoms with Crippen LogP contribution in [0, 0.1) is 0 Å². The van der Waals surface area contributed by atoms with E-state index in [0.29, 0.717) is 0 Å². The third kappa shape index (κ3) is 2.54. The van der Waals surface area contributed by atoms with Gasteiger partial charge in [-0.25, -0.2) is 4.79 Å². The second kappa shape index (κ2) is 4.28. The van der Waals surface area contributed by atoms with Crippen LogP contribution in [0.15, 0.2) is 12.2 Å². The van der Waals surface area contributed by atoms with Gasteiger partial charge in [0.15, 0.2) is 6.29 Å². The fraction of sp³-hybridized carbons (Fsp3) is 0.750. The van der Waals surface area contributed by atoms with Crippen molar-refractivity contribution in [1.29, 1.82) is 0 Å². The number of alkyl halides is 2. The number of rotatable bonds is 3. The molecule has 0 saturated carbocycles. The van der Waals surface area contributed by atoms with E-state index < -0.39 is 29.4 Å². The van der Waals surface area contributed by atoms with E-state index in [1.54, 1.807) is 0 Å². The van der Waals surface area contributed by atoms with Gasteiger partial charge in [-0.1, -0.05) is 6.58 Å². The number of halogens is 2. The maximum absolute atomic E-state index is 13.9. The Kier molecular flexibility index (Phi) is 3.57. The van der Waals surface area contributed by atoms with Crippen molar-refractivity contribution in [2.45, 2.75) is 57.5 Å². The average Bonchev–Trinajstić information content (AvgIpc) is 2.13. The molecule has 0 radical (unpaired) electrons. The number of esters is 1. The summed E-state index contributed by atoms with van der Waals surface area (Å²) in [5, 5.41) is 9.53. The molecule has 18 heavy (non-hydrogen) atoms. The van der Waals surface area contributed by atoms with E-state index in [9.17, 15) is 18.7 Å². The van der Waals surface area contributed by atoms with Crippen molar-refractivity contribution in [3.63, 3.8) is 0 Å². The molecule has 1 aliphatic rings. The molecule has 0 spiro atoms. The molecule has 0 aliphatic carbocycles. The van der Waals surface area contributed by atoms with E-state index in [4.69, 9.17) is 4.74 Å². The van der Waals surface area contributed by atoms with Crippen molar-refractivity contribution in [1.82, 2.24) is 0 Å². The van der Waals surface area contributed by atoms with Crippen LogP contribution >= 0.6 is 0 Å². The molecule has 0 amide bonds. The molecule has 1 rings (SSSR count). The maximum Gasteiger partial charge on any atom is 0.380 e. The number of ether oxygens (including phenoxy) is 2. The molecule has 1 saturated heterocycles. The first-order chi connectivity index (χ1) is 7.91. The van der Waals surface area contributed by atoms with Crippen molar-refractivity contribution in [2.75, 3.05) is 0 Å². The summed E-state index contributed by atoms with van der Waals surface area (Å²) in [6, 6.07) is 0. The van der Waals surface area contributed by atoms with E-state index in [1.165, 1.54) is 20.8 Å². The zero-order valence-electron chi connectivity index (χ0n) is 10.9. The van der Waals surface area contributed by atoms with Crippen LogP contribution in [0.5, 0.6) is 0 Å². The van der Waals surface area contributed by atoms with E-state index in [2.05, 4.69) is 11.3 Å². The monoisotopic (exact) mass is 264 g/mol. The highest BCUT2D eigenvalue weighted by molar-refractivity contribution is 5.80. The predicted octanol–water partition coefficient (Wildman–Crippen LogP) is 2.02. The number of hydrogen-bond acceptors (Lipinski definition) is 4. The number of carbonyl (C=O) groups is 1. The first-order valence-electron chi connectivity index (χ1n) is 5.54. The lowest BCUT2D eigenvalue weighted by atomic mass is 9.82. The Morgan fingerprint density at radius 1 is 1.50 bits per heavy atom. The van der Waals surface area contributed by atoms with Crippen LogP contribution in [-0.2, 0) is 14.3 Å². The molecule has 0 aromatic carbocycles. The first kappa shape index (κ1) is 15.0. The second-order valence-electron chi connectivity index (χ2n) is 5.45. The van der Waals surface area contributed by atoms with Crippen LogP contribution in [0.2, 0.25) is 0 Å². The van der Waals surface area contributed by atoms with Crippen molar-refractivity contribution < 1.29 is 28.2 Å². The molecular formula is C12H18F2O4. The van der Waals surface area contributed by atoms with Gasteiger partial charge in [-0.3, -0.25) is 0 Å². The Morgan fingerprint density at radius 2 is 2.00 bits per heavy atom. The predicted molar refractivity (Wildman–Crippen MR) is 60.0 cm³/mol. The minimum atomic E-state index is -3.82. The summed E-state index contributed by atoms with van der Waals surface area (Å²) in [6.45, 7) is 8.96. The van der Waals surface area contributed by atoms with Gasteiger partial charge in [-0.2, -0.15) is 8.78 Å². The van der Waals surface area contributed by atoms with Crippen LogP contribution in [0.1, 0.15) is 34.1 Å². The minimum Gasteiger partial charge on any atom is -0.455 e. The van der Waals surface area contributed by atoms with Crippen molar-refractivity contribution in [3.05, 3.63) is 12.2 Å². The molecule has 1 fully saturated rings. The van der Waals surface area contributed by atoms with Gasteiger partial charge in [0, 0.05) is 6.42 Å². The lowest BCUT2D eigenvalue weighted by Crippen LogP contribution is -2.63. The molecule has 4 nitrogen and oxygen atoms in total. The van der Waals surface area contributed by atoms with Gasteiger partial charge in [0.1, 0.15) is 11.2 Å². The van der Waals surface area contributed by atoms with Gasteiger partial charge in [-0.15, -0.1) is 0 Å². The molecule has 0 aromatic heterocycles. The lowest BCUT2D eigenvalue weighted by molar-refractivity contribution is -0.293. The van der Waals surface area contributed by atoms with Gasteiger partial charge in [0.2, 0.25) is 0 Å². The smallest absolute Gasteiger partial charge is 0.380 e. The SMILES string of the molecule is C=C(C)C(O)OC1(C)CC(C)(C)OC(=O)C1(F)F. The minimum absolute atomic E-state index is 0.184. The van der Waals surface area contributed by atoms with Crippen LogP contribution < -0.4 is 0 Å². The molecule has 2 unspecified atom stereocenters. The zero-order valence-corrected chi connectivity index (χ0v) is 10.9. The van der Waals surface area contributed by atoms with Crippen molar-refractivity contribution in [2.24, 2.45) is 0 Å². The standard InChI is InChI=1S/C12H18F2O4/c1-7(2)8(15)17-11(5)6-10(3,4)18-9(16)12(11,13)14/h8,15H,1,6H2,2-5H3. The Bertz CT molecular complexity index is 378. The first-order valence-corrected chi connectivity index (χ1v) is 5.54. The fourth-order valence-corrected chi connectivity index (χ4v) is 1.95. The van der Waals surface area contributed by atoms with E-state index >= 15 is 0 Å². The third-order valence-corrected chi connectivity index (χ3v) is 2.85. The highest BCUT2D eigenvalue weighted by atomic mass is 19.3.